The second-order valence-corrected chi connectivity index (χ2v) is 6.36. The van der Waals surface area contributed by atoms with Crippen molar-refractivity contribution in [3.05, 3.63) is 0 Å². The lowest BCUT2D eigenvalue weighted by molar-refractivity contribution is -0.155. The van der Waals surface area contributed by atoms with Crippen molar-refractivity contribution in [3.8, 4) is 0 Å². The summed E-state index contributed by atoms with van der Waals surface area (Å²) in [5.74, 6) is -3.31. The van der Waals surface area contributed by atoms with E-state index in [-0.39, 0.29) is 17.9 Å². The van der Waals surface area contributed by atoms with Crippen LogP contribution in [0.1, 0.15) is 6.42 Å². The van der Waals surface area contributed by atoms with Crippen LogP contribution in [-0.4, -0.2) is 49.7 Å². The van der Waals surface area contributed by atoms with Gasteiger partial charge in [-0.3, -0.25) is 0 Å². The first kappa shape index (κ1) is 15.0. The van der Waals surface area contributed by atoms with Gasteiger partial charge in [-0.05, 0) is 6.42 Å². The summed E-state index contributed by atoms with van der Waals surface area (Å²) in [7, 11) is -3.16. The van der Waals surface area contributed by atoms with E-state index in [0.29, 0.717) is 0 Å². The smallest absolute Gasteiger partial charge is 0.400 e. The molecule has 0 amide bonds. The minimum Gasteiger partial charge on any atom is -0.409 e. The third-order valence-corrected chi connectivity index (χ3v) is 4.48. The second-order valence-electron chi connectivity index (χ2n) is 4.13. The standard InChI is InChI=1S/C8H14F3N3O3S/c9-8(10,11)6(7(12)14-15)3-13-5-1-2-18(16,17)4-5/h5-6,13,15H,1-4H2,(H2,12,14). The monoisotopic (exact) mass is 289 g/mol. The van der Waals surface area contributed by atoms with Crippen LogP contribution < -0.4 is 11.1 Å². The van der Waals surface area contributed by atoms with Crippen molar-refractivity contribution in [3.63, 3.8) is 0 Å². The van der Waals surface area contributed by atoms with Crippen LogP contribution in [0, 0.1) is 5.92 Å². The second kappa shape index (κ2) is 5.31. The Bertz CT molecular complexity index is 421. The molecule has 2 atom stereocenters. The van der Waals surface area contributed by atoms with E-state index in [1.165, 1.54) is 0 Å². The molecule has 0 bridgehead atoms. The number of nitrogens with one attached hydrogen (secondary N) is 1. The average molecular weight is 289 g/mol. The predicted octanol–water partition coefficient (Wildman–Crippen LogP) is -0.312. The van der Waals surface area contributed by atoms with Gasteiger partial charge in [0.1, 0.15) is 5.92 Å². The molecule has 0 spiro atoms. The zero-order valence-electron chi connectivity index (χ0n) is 9.31. The van der Waals surface area contributed by atoms with Gasteiger partial charge in [0.05, 0.1) is 11.5 Å². The lowest BCUT2D eigenvalue weighted by atomic mass is 10.1. The number of sulfone groups is 1. The topological polar surface area (TPSA) is 105 Å². The molecule has 106 valence electrons. The van der Waals surface area contributed by atoms with Crippen molar-refractivity contribution in [2.75, 3.05) is 18.1 Å². The minimum absolute atomic E-state index is 0.0368. The van der Waals surface area contributed by atoms with Crippen LogP contribution in [0.15, 0.2) is 5.16 Å². The molecule has 0 aromatic carbocycles. The van der Waals surface area contributed by atoms with Gasteiger partial charge in [-0.15, -0.1) is 0 Å². The Morgan fingerprint density at radius 2 is 2.17 bits per heavy atom. The Morgan fingerprint density at radius 1 is 1.56 bits per heavy atom. The largest absolute Gasteiger partial charge is 0.409 e. The fourth-order valence-electron chi connectivity index (χ4n) is 1.70. The number of halogens is 3. The first-order chi connectivity index (χ1) is 8.15. The molecule has 2 unspecified atom stereocenters. The highest BCUT2D eigenvalue weighted by atomic mass is 32.2. The zero-order chi connectivity index (χ0) is 14.0. The number of alkyl halides is 3. The molecule has 1 heterocycles. The average Bonchev–Trinajstić information content (AvgIpc) is 2.56. The third-order valence-electron chi connectivity index (χ3n) is 2.71. The van der Waals surface area contributed by atoms with Crippen molar-refractivity contribution < 1.29 is 26.8 Å². The lowest BCUT2D eigenvalue weighted by Crippen LogP contribution is -2.45. The summed E-state index contributed by atoms with van der Waals surface area (Å²) < 4.78 is 59.9. The molecule has 1 aliphatic heterocycles. The molecule has 4 N–H and O–H groups in total. The van der Waals surface area contributed by atoms with Crippen LogP contribution in [0.3, 0.4) is 0 Å². The molecule has 0 saturated carbocycles. The SMILES string of the molecule is NC(=NO)C(CNC1CCS(=O)(=O)C1)C(F)(F)F. The van der Waals surface area contributed by atoms with E-state index in [4.69, 9.17) is 10.9 Å². The van der Waals surface area contributed by atoms with E-state index in [1.807, 2.05) is 0 Å². The van der Waals surface area contributed by atoms with Gasteiger partial charge >= 0.3 is 6.18 Å². The van der Waals surface area contributed by atoms with Gasteiger partial charge in [-0.25, -0.2) is 8.42 Å². The van der Waals surface area contributed by atoms with Crippen LogP contribution >= 0.6 is 0 Å². The molecule has 0 aromatic heterocycles. The number of hydrogen-bond donors (Lipinski definition) is 3. The quantitative estimate of drug-likeness (QED) is 0.285. The van der Waals surface area contributed by atoms with Crippen LogP contribution in [0.5, 0.6) is 0 Å². The predicted molar refractivity (Wildman–Crippen MR) is 58.0 cm³/mol. The maximum absolute atomic E-state index is 12.6. The summed E-state index contributed by atoms with van der Waals surface area (Å²) in [5.41, 5.74) is 4.96. The van der Waals surface area contributed by atoms with E-state index >= 15 is 0 Å². The van der Waals surface area contributed by atoms with Gasteiger partial charge in [-0.1, -0.05) is 5.16 Å². The number of rotatable bonds is 4. The molecule has 0 aliphatic carbocycles. The number of nitrogens with zero attached hydrogens (tertiary/aromatic N) is 1. The van der Waals surface area contributed by atoms with Crippen LogP contribution in [0.4, 0.5) is 13.2 Å². The molecule has 18 heavy (non-hydrogen) atoms. The molecule has 10 heteroatoms. The van der Waals surface area contributed by atoms with Gasteiger partial charge in [0.2, 0.25) is 0 Å². The Morgan fingerprint density at radius 3 is 2.56 bits per heavy atom. The van der Waals surface area contributed by atoms with Crippen LogP contribution in [0.25, 0.3) is 0 Å². The van der Waals surface area contributed by atoms with E-state index in [0.717, 1.165) is 0 Å². The first-order valence-corrected chi connectivity index (χ1v) is 6.96. The molecular weight excluding hydrogens is 275 g/mol. The Hall–Kier alpha value is -1.03. The summed E-state index contributed by atoms with van der Waals surface area (Å²) in [6.07, 6.45) is -4.39. The lowest BCUT2D eigenvalue weighted by Gasteiger charge is -2.21. The minimum atomic E-state index is -4.65. The van der Waals surface area contributed by atoms with E-state index in [2.05, 4.69) is 10.5 Å². The number of amidine groups is 1. The molecule has 1 fully saturated rings. The summed E-state index contributed by atoms with van der Waals surface area (Å²) in [6, 6.07) is -0.522. The molecule has 6 nitrogen and oxygen atoms in total. The number of oxime groups is 1. The Balaban J connectivity index is 2.59. The fourth-order valence-corrected chi connectivity index (χ4v) is 3.41. The van der Waals surface area contributed by atoms with Crippen molar-refractivity contribution in [1.29, 1.82) is 0 Å². The van der Waals surface area contributed by atoms with Gasteiger partial charge in [0, 0.05) is 12.6 Å². The molecule has 0 radical (unpaired) electrons. The van der Waals surface area contributed by atoms with Crippen molar-refractivity contribution in [2.45, 2.75) is 18.6 Å². The van der Waals surface area contributed by atoms with E-state index in [1.54, 1.807) is 0 Å². The fraction of sp³-hybridized carbons (Fsp3) is 0.875. The summed E-state index contributed by atoms with van der Waals surface area (Å²) >= 11 is 0. The number of hydrogen-bond acceptors (Lipinski definition) is 5. The van der Waals surface area contributed by atoms with Crippen molar-refractivity contribution in [2.24, 2.45) is 16.8 Å². The Labute approximate surface area is 102 Å². The van der Waals surface area contributed by atoms with Crippen molar-refractivity contribution >= 4 is 15.7 Å². The highest BCUT2D eigenvalue weighted by Gasteiger charge is 2.43. The molecule has 1 rings (SSSR count). The highest BCUT2D eigenvalue weighted by molar-refractivity contribution is 7.91. The normalized spacial score (nSPS) is 26.2. The highest BCUT2D eigenvalue weighted by Crippen LogP contribution is 2.26. The van der Waals surface area contributed by atoms with Crippen molar-refractivity contribution in [1.82, 2.24) is 5.32 Å². The summed E-state index contributed by atoms with van der Waals surface area (Å²) in [4.78, 5) is 0. The van der Waals surface area contributed by atoms with Gasteiger partial charge in [0.15, 0.2) is 15.7 Å². The number of nitrogens with two attached hydrogens (primary N) is 1. The summed E-state index contributed by atoms with van der Waals surface area (Å²) in [5, 5.41) is 13.1. The van der Waals surface area contributed by atoms with E-state index in [9.17, 15) is 21.6 Å². The maximum atomic E-state index is 12.6. The van der Waals surface area contributed by atoms with Gasteiger partial charge in [-0.2, -0.15) is 13.2 Å². The van der Waals surface area contributed by atoms with Gasteiger partial charge in [0.25, 0.3) is 0 Å². The van der Waals surface area contributed by atoms with Crippen LogP contribution in [-0.2, 0) is 9.84 Å². The molecule has 0 aromatic rings. The van der Waals surface area contributed by atoms with Gasteiger partial charge < -0.3 is 16.3 Å². The molecular formula is C8H14F3N3O3S. The molecule has 1 saturated heterocycles. The summed E-state index contributed by atoms with van der Waals surface area (Å²) in [6.45, 7) is -0.612. The Kier molecular flexibility index (Phi) is 4.43. The zero-order valence-corrected chi connectivity index (χ0v) is 10.1. The first-order valence-electron chi connectivity index (χ1n) is 5.13. The maximum Gasteiger partial charge on any atom is 0.400 e. The molecule has 1 aliphatic rings. The van der Waals surface area contributed by atoms with Crippen LogP contribution in [0.2, 0.25) is 0 Å². The van der Waals surface area contributed by atoms with E-state index < -0.39 is 40.4 Å². The third kappa shape index (κ3) is 4.02.